The van der Waals surface area contributed by atoms with E-state index in [2.05, 4.69) is 15.6 Å². The van der Waals surface area contributed by atoms with Crippen LogP contribution in [0, 0.1) is 6.92 Å². The van der Waals surface area contributed by atoms with Crippen molar-refractivity contribution >= 4 is 23.0 Å². The van der Waals surface area contributed by atoms with Gasteiger partial charge in [-0.3, -0.25) is 14.0 Å². The second-order valence-corrected chi connectivity index (χ2v) is 6.91. The number of anilines is 1. The summed E-state index contributed by atoms with van der Waals surface area (Å²) in [6.45, 7) is 3.15. The second kappa shape index (κ2) is 7.82. The molecule has 1 saturated heterocycles. The third-order valence-electron chi connectivity index (χ3n) is 4.79. The van der Waals surface area contributed by atoms with Gasteiger partial charge in [-0.1, -0.05) is 23.8 Å². The molecule has 7 nitrogen and oxygen atoms in total. The molecule has 3 heterocycles. The summed E-state index contributed by atoms with van der Waals surface area (Å²) in [6, 6.07) is 12.9. The van der Waals surface area contributed by atoms with E-state index in [1.54, 1.807) is 22.7 Å². The number of carbonyl (C=O) groups is 2. The number of ether oxygens (including phenoxy) is 1. The molecule has 2 aromatic heterocycles. The first-order valence-corrected chi connectivity index (χ1v) is 9.37. The molecule has 1 aliphatic heterocycles. The fourth-order valence-electron chi connectivity index (χ4n) is 3.28. The molecule has 0 bridgehead atoms. The topological polar surface area (TPSA) is 84.7 Å². The maximum Gasteiger partial charge on any atom is 0.287 e. The van der Waals surface area contributed by atoms with Crippen molar-refractivity contribution < 1.29 is 14.3 Å². The molecule has 7 heteroatoms. The third kappa shape index (κ3) is 3.75. The van der Waals surface area contributed by atoms with E-state index in [-0.39, 0.29) is 29.4 Å². The van der Waals surface area contributed by atoms with Crippen molar-refractivity contribution in [3.63, 3.8) is 0 Å². The number of benzene rings is 1. The van der Waals surface area contributed by atoms with Crippen LogP contribution in [0.1, 0.15) is 39.5 Å². The van der Waals surface area contributed by atoms with Gasteiger partial charge in [-0.05, 0) is 44.0 Å². The molecule has 0 spiro atoms. The maximum atomic E-state index is 12.8. The quantitative estimate of drug-likeness (QED) is 0.715. The number of fused-ring (bicyclic) bond motifs is 1. The van der Waals surface area contributed by atoms with Crippen LogP contribution in [0.4, 0.5) is 5.69 Å². The van der Waals surface area contributed by atoms with Crippen LogP contribution in [-0.4, -0.2) is 40.5 Å². The van der Waals surface area contributed by atoms with Crippen LogP contribution in [0.25, 0.3) is 5.52 Å². The van der Waals surface area contributed by atoms with Gasteiger partial charge in [0.05, 0.1) is 11.6 Å². The summed E-state index contributed by atoms with van der Waals surface area (Å²) < 4.78 is 7.17. The van der Waals surface area contributed by atoms with Gasteiger partial charge in [0.1, 0.15) is 0 Å². The molecule has 1 atom stereocenters. The minimum absolute atomic E-state index is 0.0412. The van der Waals surface area contributed by atoms with Gasteiger partial charge in [0.2, 0.25) is 5.82 Å². The maximum absolute atomic E-state index is 12.8. The standard InChI is InChI=1S/C21H22N4O3/c1-14-7-9-15(10-8-14)23-20(26)18-17-6-2-3-11-25(17)19(24-18)21(27)22-13-16-5-4-12-28-16/h2-3,6-11,16H,4-5,12-13H2,1H3,(H,22,27)(H,23,26). The number of nitrogens with zero attached hydrogens (tertiary/aromatic N) is 2. The number of aromatic nitrogens is 2. The van der Waals surface area contributed by atoms with Crippen LogP contribution in [0.5, 0.6) is 0 Å². The zero-order valence-electron chi connectivity index (χ0n) is 15.6. The van der Waals surface area contributed by atoms with Crippen molar-refractivity contribution in [2.75, 3.05) is 18.5 Å². The molecule has 1 aliphatic rings. The Balaban J connectivity index is 1.57. The van der Waals surface area contributed by atoms with Gasteiger partial charge in [0, 0.05) is 25.0 Å². The summed E-state index contributed by atoms with van der Waals surface area (Å²) in [5.74, 6) is -0.500. The fraction of sp³-hybridized carbons (Fsp3) is 0.286. The van der Waals surface area contributed by atoms with Crippen LogP contribution in [-0.2, 0) is 4.74 Å². The average Bonchev–Trinajstić information content (AvgIpc) is 3.36. The van der Waals surface area contributed by atoms with Crippen molar-refractivity contribution in [3.8, 4) is 0 Å². The molecule has 1 unspecified atom stereocenters. The molecule has 1 aromatic carbocycles. The summed E-state index contributed by atoms with van der Waals surface area (Å²) in [5.41, 5.74) is 2.57. The van der Waals surface area contributed by atoms with E-state index in [0.717, 1.165) is 25.0 Å². The van der Waals surface area contributed by atoms with Gasteiger partial charge in [-0.2, -0.15) is 0 Å². The van der Waals surface area contributed by atoms with E-state index >= 15 is 0 Å². The highest BCUT2D eigenvalue weighted by atomic mass is 16.5. The predicted molar refractivity (Wildman–Crippen MR) is 106 cm³/mol. The number of hydrogen-bond donors (Lipinski definition) is 2. The number of carbonyl (C=O) groups excluding carboxylic acids is 2. The van der Waals surface area contributed by atoms with Crippen LogP contribution < -0.4 is 10.6 Å². The van der Waals surface area contributed by atoms with Gasteiger partial charge in [-0.15, -0.1) is 0 Å². The van der Waals surface area contributed by atoms with Crippen molar-refractivity contribution in [1.29, 1.82) is 0 Å². The lowest BCUT2D eigenvalue weighted by Crippen LogP contribution is -2.33. The molecule has 144 valence electrons. The van der Waals surface area contributed by atoms with E-state index in [9.17, 15) is 9.59 Å². The van der Waals surface area contributed by atoms with Crippen molar-refractivity contribution in [3.05, 3.63) is 65.7 Å². The van der Waals surface area contributed by atoms with E-state index in [1.807, 2.05) is 37.3 Å². The number of amides is 2. The predicted octanol–water partition coefficient (Wildman–Crippen LogP) is 2.80. The molecular weight excluding hydrogens is 356 g/mol. The van der Waals surface area contributed by atoms with Crippen molar-refractivity contribution in [2.45, 2.75) is 25.9 Å². The highest BCUT2D eigenvalue weighted by Crippen LogP contribution is 2.17. The van der Waals surface area contributed by atoms with Crippen molar-refractivity contribution in [2.24, 2.45) is 0 Å². The number of imidazole rings is 1. The van der Waals surface area contributed by atoms with Crippen LogP contribution in [0.15, 0.2) is 48.7 Å². The lowest BCUT2D eigenvalue weighted by atomic mass is 10.2. The smallest absolute Gasteiger partial charge is 0.287 e. The molecule has 3 aromatic rings. The van der Waals surface area contributed by atoms with Gasteiger partial charge in [-0.25, -0.2) is 4.98 Å². The summed E-state index contributed by atoms with van der Waals surface area (Å²) in [5, 5.41) is 5.70. The number of nitrogens with one attached hydrogen (secondary N) is 2. The minimum Gasteiger partial charge on any atom is -0.376 e. The highest BCUT2D eigenvalue weighted by molar-refractivity contribution is 6.08. The second-order valence-electron chi connectivity index (χ2n) is 6.91. The molecule has 0 radical (unpaired) electrons. The van der Waals surface area contributed by atoms with E-state index in [0.29, 0.717) is 17.7 Å². The average molecular weight is 378 g/mol. The monoisotopic (exact) mass is 378 g/mol. The fourth-order valence-corrected chi connectivity index (χ4v) is 3.28. The van der Waals surface area contributed by atoms with Gasteiger partial charge in [0.25, 0.3) is 11.8 Å². The first-order chi connectivity index (χ1) is 13.6. The third-order valence-corrected chi connectivity index (χ3v) is 4.79. The number of pyridine rings is 1. The Hall–Kier alpha value is -3.19. The van der Waals surface area contributed by atoms with Crippen LogP contribution in [0.3, 0.4) is 0 Å². The van der Waals surface area contributed by atoms with E-state index in [1.165, 1.54) is 0 Å². The molecule has 28 heavy (non-hydrogen) atoms. The summed E-state index contributed by atoms with van der Waals surface area (Å²) in [7, 11) is 0. The minimum atomic E-state index is -0.356. The first-order valence-electron chi connectivity index (χ1n) is 9.37. The zero-order valence-corrected chi connectivity index (χ0v) is 15.6. The SMILES string of the molecule is Cc1ccc(NC(=O)c2nc(C(=O)NCC3CCCO3)n3ccccc23)cc1. The van der Waals surface area contributed by atoms with E-state index < -0.39 is 0 Å². The van der Waals surface area contributed by atoms with Crippen LogP contribution >= 0.6 is 0 Å². The lowest BCUT2D eigenvalue weighted by Gasteiger charge is -2.10. The number of hydrogen-bond acceptors (Lipinski definition) is 4. The van der Waals surface area contributed by atoms with Gasteiger partial charge < -0.3 is 15.4 Å². The molecule has 0 aliphatic carbocycles. The molecule has 1 fully saturated rings. The Morgan fingerprint density at radius 1 is 1.18 bits per heavy atom. The summed E-state index contributed by atoms with van der Waals surface area (Å²) in [4.78, 5) is 29.8. The largest absolute Gasteiger partial charge is 0.376 e. The molecule has 4 rings (SSSR count). The zero-order chi connectivity index (χ0) is 19.5. The first kappa shape index (κ1) is 18.2. The Morgan fingerprint density at radius 3 is 2.75 bits per heavy atom. The van der Waals surface area contributed by atoms with Gasteiger partial charge >= 0.3 is 0 Å². The number of rotatable bonds is 5. The normalized spacial score (nSPS) is 16.2. The molecule has 0 saturated carbocycles. The lowest BCUT2D eigenvalue weighted by molar-refractivity contribution is 0.0848. The highest BCUT2D eigenvalue weighted by Gasteiger charge is 2.23. The molecular formula is C21H22N4O3. The molecule has 2 amide bonds. The van der Waals surface area contributed by atoms with Gasteiger partial charge in [0.15, 0.2) is 5.69 Å². The Bertz CT molecular complexity index is 1000. The Kier molecular flexibility index (Phi) is 5.08. The van der Waals surface area contributed by atoms with Crippen molar-refractivity contribution in [1.82, 2.24) is 14.7 Å². The summed E-state index contributed by atoms with van der Waals surface area (Å²) in [6.07, 6.45) is 3.72. The molecule has 2 N–H and O–H groups in total. The Labute approximate surface area is 162 Å². The van der Waals surface area contributed by atoms with E-state index in [4.69, 9.17) is 4.74 Å². The summed E-state index contributed by atoms with van der Waals surface area (Å²) >= 11 is 0. The Morgan fingerprint density at radius 2 is 2.00 bits per heavy atom. The number of aryl methyl sites for hydroxylation is 1. The van der Waals surface area contributed by atoms with Crippen LogP contribution in [0.2, 0.25) is 0 Å².